The van der Waals surface area contributed by atoms with Crippen LogP contribution in [0, 0.1) is 0 Å². The lowest BCUT2D eigenvalue weighted by Crippen LogP contribution is -2.30. The van der Waals surface area contributed by atoms with Gasteiger partial charge in [0.2, 0.25) is 0 Å². The van der Waals surface area contributed by atoms with Gasteiger partial charge in [-0.15, -0.1) is 0 Å². The van der Waals surface area contributed by atoms with Gasteiger partial charge in [-0.3, -0.25) is 14.4 Å². The van der Waals surface area contributed by atoms with Crippen LogP contribution in [0.5, 0.6) is 0 Å². The molecule has 1 unspecified atom stereocenters. The lowest BCUT2D eigenvalue weighted by molar-refractivity contribution is -0.167. The molecule has 0 bridgehead atoms. The van der Waals surface area contributed by atoms with E-state index in [2.05, 4.69) is 154 Å². The average molecular weight is 1150 g/mol. The van der Waals surface area contributed by atoms with E-state index in [0.29, 0.717) is 19.3 Å². The number of esters is 3. The first-order valence-electron chi connectivity index (χ1n) is 34.7. The van der Waals surface area contributed by atoms with Crippen LogP contribution in [0.25, 0.3) is 0 Å². The zero-order chi connectivity index (χ0) is 59.9. The normalized spacial score (nSPS) is 13.0. The summed E-state index contributed by atoms with van der Waals surface area (Å²) in [7, 11) is 0. The highest BCUT2D eigenvalue weighted by atomic mass is 16.6. The first-order valence-corrected chi connectivity index (χ1v) is 34.7. The van der Waals surface area contributed by atoms with E-state index >= 15 is 0 Å². The summed E-state index contributed by atoms with van der Waals surface area (Å²) in [5.74, 6) is -0.909. The van der Waals surface area contributed by atoms with E-state index in [9.17, 15) is 14.4 Å². The first kappa shape index (κ1) is 78.5. The van der Waals surface area contributed by atoms with Crippen LogP contribution >= 0.6 is 0 Å². The minimum absolute atomic E-state index is 0.0894. The maximum absolute atomic E-state index is 12.9. The van der Waals surface area contributed by atoms with Crippen molar-refractivity contribution >= 4 is 17.9 Å². The molecule has 0 N–H and O–H groups in total. The van der Waals surface area contributed by atoms with E-state index in [1.807, 2.05) is 0 Å². The molecule has 0 spiro atoms. The molecule has 0 heterocycles. The van der Waals surface area contributed by atoms with Gasteiger partial charge in [-0.05, 0) is 135 Å². The number of hydrogen-bond donors (Lipinski definition) is 0. The summed E-state index contributed by atoms with van der Waals surface area (Å²) in [6.45, 7) is 6.48. The second kappa shape index (κ2) is 70.0. The third-order valence-corrected chi connectivity index (χ3v) is 14.6. The minimum Gasteiger partial charge on any atom is -0.462 e. The summed E-state index contributed by atoms with van der Waals surface area (Å²) in [6, 6.07) is 0. The van der Waals surface area contributed by atoms with Gasteiger partial charge in [0.25, 0.3) is 0 Å². The molecule has 1 atom stereocenters. The molecular formula is C77H128O6. The van der Waals surface area contributed by atoms with Crippen LogP contribution in [0.1, 0.15) is 316 Å². The van der Waals surface area contributed by atoms with Gasteiger partial charge in [0.15, 0.2) is 6.10 Å². The Morgan fingerprint density at radius 3 is 0.783 bits per heavy atom. The number of ether oxygens (including phenoxy) is 3. The number of allylic oxidation sites excluding steroid dienone is 22. The Morgan fingerprint density at radius 1 is 0.253 bits per heavy atom. The smallest absolute Gasteiger partial charge is 0.306 e. The van der Waals surface area contributed by atoms with E-state index in [1.165, 1.54) is 122 Å². The number of carbonyl (C=O) groups excluding carboxylic acids is 3. The topological polar surface area (TPSA) is 78.9 Å². The maximum atomic E-state index is 12.9. The Labute approximate surface area is 513 Å². The molecule has 0 aliphatic rings. The van der Waals surface area contributed by atoms with Crippen molar-refractivity contribution in [1.29, 1.82) is 0 Å². The molecule has 0 aliphatic carbocycles. The van der Waals surface area contributed by atoms with Crippen LogP contribution in [0.3, 0.4) is 0 Å². The van der Waals surface area contributed by atoms with Crippen molar-refractivity contribution in [3.05, 3.63) is 134 Å². The summed E-state index contributed by atoms with van der Waals surface area (Å²) in [4.78, 5) is 38.4. The average Bonchev–Trinajstić information content (AvgIpc) is 3.49. The summed E-state index contributed by atoms with van der Waals surface area (Å²) >= 11 is 0. The largest absolute Gasteiger partial charge is 0.462 e. The molecule has 6 nitrogen and oxygen atoms in total. The zero-order valence-corrected chi connectivity index (χ0v) is 54.2. The second-order valence-corrected chi connectivity index (χ2v) is 22.7. The molecule has 0 fully saturated rings. The fraction of sp³-hybridized carbons (Fsp3) is 0.675. The summed E-state index contributed by atoms with van der Waals surface area (Å²) in [6.07, 6.45) is 99.0. The van der Waals surface area contributed by atoms with Crippen molar-refractivity contribution < 1.29 is 28.6 Å². The standard InChI is InChI=1S/C77H128O6/c1-4-7-10-13-16-19-22-25-28-30-31-32-33-34-35-36-37-38-39-40-41-42-43-44-45-46-47-48-50-52-55-58-61-64-67-70-76(79)82-73-74(72-81-75(78)69-66-63-60-57-54-51-27-24-21-18-15-12-9-6-3)83-77(80)71-68-65-62-59-56-53-49-29-26-23-20-17-14-11-8-5-2/h7,10,15-16,18-19,24-25,27-29,31-32,34-35,37-38,40-41,43-44,49,74H,4-6,8-9,11-14,17,20-23,26,30,33,36,39,42,45-48,50-73H2,1-3H3/b10-7-,18-15-,19-16-,27-24-,28-25-,32-31-,35-34-,38-37-,41-40-,44-43-,49-29-. The van der Waals surface area contributed by atoms with Crippen molar-refractivity contribution in [3.8, 4) is 0 Å². The fourth-order valence-electron chi connectivity index (χ4n) is 9.41. The Morgan fingerprint density at radius 2 is 0.482 bits per heavy atom. The van der Waals surface area contributed by atoms with Gasteiger partial charge < -0.3 is 14.2 Å². The van der Waals surface area contributed by atoms with Crippen molar-refractivity contribution in [2.75, 3.05) is 13.2 Å². The molecular weight excluding hydrogens is 1020 g/mol. The Balaban J connectivity index is 4.26. The number of hydrogen-bond acceptors (Lipinski definition) is 6. The number of unbranched alkanes of at least 4 members (excludes halogenated alkanes) is 29. The summed E-state index contributed by atoms with van der Waals surface area (Å²) < 4.78 is 16.9. The van der Waals surface area contributed by atoms with Crippen LogP contribution < -0.4 is 0 Å². The van der Waals surface area contributed by atoms with Gasteiger partial charge in [0.05, 0.1) is 0 Å². The van der Waals surface area contributed by atoms with Gasteiger partial charge in [-0.2, -0.15) is 0 Å². The third kappa shape index (κ3) is 68.2. The Bertz CT molecular complexity index is 1750. The van der Waals surface area contributed by atoms with E-state index in [4.69, 9.17) is 14.2 Å². The number of rotatable bonds is 62. The lowest BCUT2D eigenvalue weighted by Gasteiger charge is -2.18. The summed E-state index contributed by atoms with van der Waals surface area (Å²) in [5.41, 5.74) is 0. The predicted octanol–water partition coefficient (Wildman–Crippen LogP) is 24.1. The van der Waals surface area contributed by atoms with Gasteiger partial charge in [-0.25, -0.2) is 0 Å². The molecule has 0 radical (unpaired) electrons. The summed E-state index contributed by atoms with van der Waals surface area (Å²) in [5, 5.41) is 0. The SMILES string of the molecule is CC/C=C\C/C=C\C/C=C\C/C=C\C/C=C\C/C=C\C/C=C\C/C=C\CCCCCCCCCCCCC(=O)OCC(COC(=O)CCCCCCC/C=C\C/C=C\CCCC)OC(=O)CCCCCCC/C=C\CCCCCCCCC. The molecule has 0 aromatic carbocycles. The van der Waals surface area contributed by atoms with Gasteiger partial charge in [0, 0.05) is 19.3 Å². The van der Waals surface area contributed by atoms with Crippen LogP contribution in [-0.4, -0.2) is 37.2 Å². The van der Waals surface area contributed by atoms with Crippen molar-refractivity contribution in [2.45, 2.75) is 322 Å². The number of carbonyl (C=O) groups is 3. The minimum atomic E-state index is -0.794. The van der Waals surface area contributed by atoms with Crippen LogP contribution in [0.2, 0.25) is 0 Å². The molecule has 0 rings (SSSR count). The van der Waals surface area contributed by atoms with Crippen molar-refractivity contribution in [2.24, 2.45) is 0 Å². The van der Waals surface area contributed by atoms with Crippen LogP contribution in [-0.2, 0) is 28.6 Å². The quantitative estimate of drug-likeness (QED) is 0.0261. The van der Waals surface area contributed by atoms with E-state index in [1.54, 1.807) is 0 Å². The Kier molecular flexibility index (Phi) is 66.3. The molecule has 0 aromatic rings. The highest BCUT2D eigenvalue weighted by Crippen LogP contribution is 2.16. The first-order chi connectivity index (χ1) is 41.0. The van der Waals surface area contributed by atoms with E-state index < -0.39 is 6.10 Å². The Hall–Kier alpha value is -4.45. The van der Waals surface area contributed by atoms with Crippen molar-refractivity contribution in [3.63, 3.8) is 0 Å². The second-order valence-electron chi connectivity index (χ2n) is 22.7. The molecule has 472 valence electrons. The van der Waals surface area contributed by atoms with Gasteiger partial charge >= 0.3 is 17.9 Å². The molecule has 0 aromatic heterocycles. The molecule has 0 saturated carbocycles. The predicted molar refractivity (Wildman–Crippen MR) is 362 cm³/mol. The fourth-order valence-corrected chi connectivity index (χ4v) is 9.41. The van der Waals surface area contributed by atoms with Crippen LogP contribution in [0.15, 0.2) is 134 Å². The zero-order valence-electron chi connectivity index (χ0n) is 54.2. The highest BCUT2D eigenvalue weighted by Gasteiger charge is 2.19. The molecule has 0 amide bonds. The third-order valence-electron chi connectivity index (χ3n) is 14.6. The van der Waals surface area contributed by atoms with E-state index in [-0.39, 0.29) is 31.1 Å². The van der Waals surface area contributed by atoms with E-state index in [0.717, 1.165) is 154 Å². The van der Waals surface area contributed by atoms with Crippen LogP contribution in [0.4, 0.5) is 0 Å². The monoisotopic (exact) mass is 1150 g/mol. The van der Waals surface area contributed by atoms with Gasteiger partial charge in [0.1, 0.15) is 13.2 Å². The maximum Gasteiger partial charge on any atom is 0.306 e. The molecule has 0 saturated heterocycles. The highest BCUT2D eigenvalue weighted by molar-refractivity contribution is 5.71. The molecule has 0 aliphatic heterocycles. The van der Waals surface area contributed by atoms with Crippen molar-refractivity contribution in [1.82, 2.24) is 0 Å². The molecule has 6 heteroatoms. The van der Waals surface area contributed by atoms with Gasteiger partial charge in [-0.1, -0.05) is 296 Å². The lowest BCUT2D eigenvalue weighted by atomic mass is 10.1. The molecule has 83 heavy (non-hydrogen) atoms.